The number of hydrogen-bond acceptors (Lipinski definition) is 2. The first-order valence-corrected chi connectivity index (χ1v) is 8.19. The first-order valence-electron chi connectivity index (χ1n) is 8.19. The maximum Gasteiger partial charge on any atom is 0.307 e. The lowest BCUT2D eigenvalue weighted by atomic mass is 9.78. The zero-order valence-electron chi connectivity index (χ0n) is 12.3. The molecular formula is C16H27NO3. The number of carboxylic acid groups (broad SMARTS) is 1. The minimum atomic E-state index is -0.808. The summed E-state index contributed by atoms with van der Waals surface area (Å²) >= 11 is 0. The van der Waals surface area contributed by atoms with Gasteiger partial charge in [-0.1, -0.05) is 44.9 Å². The molecule has 4 nitrogen and oxygen atoms in total. The van der Waals surface area contributed by atoms with E-state index in [0.29, 0.717) is 13.0 Å². The number of aliphatic carboxylic acids is 1. The second-order valence-electron chi connectivity index (χ2n) is 6.42. The van der Waals surface area contributed by atoms with Gasteiger partial charge in [-0.05, 0) is 25.2 Å². The molecule has 2 rings (SSSR count). The van der Waals surface area contributed by atoms with Crippen LogP contribution in [0.3, 0.4) is 0 Å². The molecule has 0 aromatic carbocycles. The molecule has 1 amide bonds. The van der Waals surface area contributed by atoms with Gasteiger partial charge in [-0.25, -0.2) is 0 Å². The van der Waals surface area contributed by atoms with Gasteiger partial charge in [0.25, 0.3) is 0 Å². The smallest absolute Gasteiger partial charge is 0.307 e. The van der Waals surface area contributed by atoms with Crippen molar-refractivity contribution in [3.63, 3.8) is 0 Å². The van der Waals surface area contributed by atoms with Crippen molar-refractivity contribution < 1.29 is 14.7 Å². The molecule has 0 saturated heterocycles. The Kier molecular flexibility index (Phi) is 5.86. The Bertz CT molecular complexity index is 337. The lowest BCUT2D eigenvalue weighted by molar-refractivity contribution is -0.148. The van der Waals surface area contributed by atoms with Crippen molar-refractivity contribution >= 4 is 11.9 Å². The van der Waals surface area contributed by atoms with E-state index in [1.807, 2.05) is 0 Å². The molecule has 2 fully saturated rings. The van der Waals surface area contributed by atoms with Gasteiger partial charge >= 0.3 is 5.97 Å². The molecule has 2 unspecified atom stereocenters. The molecule has 0 aromatic rings. The first-order chi connectivity index (χ1) is 9.68. The van der Waals surface area contributed by atoms with E-state index >= 15 is 0 Å². The number of carboxylic acids is 1. The SMILES string of the molecule is O=C(O)C1CCCCC1C(=O)NCCC1CCCCC1. The van der Waals surface area contributed by atoms with E-state index in [1.54, 1.807) is 0 Å². The minimum absolute atomic E-state index is 0.0343. The molecule has 0 aliphatic heterocycles. The van der Waals surface area contributed by atoms with Crippen molar-refractivity contribution in [3.8, 4) is 0 Å². The number of nitrogens with one attached hydrogen (secondary N) is 1. The van der Waals surface area contributed by atoms with Crippen molar-refractivity contribution in [2.45, 2.75) is 64.2 Å². The van der Waals surface area contributed by atoms with E-state index in [1.165, 1.54) is 32.1 Å². The van der Waals surface area contributed by atoms with Crippen LogP contribution in [0.1, 0.15) is 64.2 Å². The number of carbonyl (C=O) groups excluding carboxylic acids is 1. The summed E-state index contributed by atoms with van der Waals surface area (Å²) in [6.07, 6.45) is 10.9. The molecule has 2 atom stereocenters. The summed E-state index contributed by atoms with van der Waals surface area (Å²) in [5.41, 5.74) is 0. The molecule has 0 spiro atoms. The fraction of sp³-hybridized carbons (Fsp3) is 0.875. The molecule has 2 aliphatic rings. The Labute approximate surface area is 121 Å². The molecular weight excluding hydrogens is 254 g/mol. The highest BCUT2D eigenvalue weighted by Crippen LogP contribution is 2.30. The van der Waals surface area contributed by atoms with Gasteiger partial charge in [-0.2, -0.15) is 0 Å². The number of carbonyl (C=O) groups is 2. The average Bonchev–Trinajstić information content (AvgIpc) is 2.48. The van der Waals surface area contributed by atoms with Gasteiger partial charge in [-0.15, -0.1) is 0 Å². The fourth-order valence-corrected chi connectivity index (χ4v) is 3.75. The van der Waals surface area contributed by atoms with Crippen molar-refractivity contribution in [2.24, 2.45) is 17.8 Å². The van der Waals surface area contributed by atoms with Gasteiger partial charge in [0.1, 0.15) is 0 Å². The predicted octanol–water partition coefficient (Wildman–Crippen LogP) is 2.96. The normalized spacial score (nSPS) is 28.0. The quantitative estimate of drug-likeness (QED) is 0.814. The van der Waals surface area contributed by atoms with Crippen LogP contribution >= 0.6 is 0 Å². The lowest BCUT2D eigenvalue weighted by Gasteiger charge is -2.28. The van der Waals surface area contributed by atoms with E-state index in [2.05, 4.69) is 5.32 Å². The van der Waals surface area contributed by atoms with Gasteiger partial charge in [0.2, 0.25) is 5.91 Å². The highest BCUT2D eigenvalue weighted by Gasteiger charge is 2.35. The Balaban J connectivity index is 1.73. The summed E-state index contributed by atoms with van der Waals surface area (Å²) < 4.78 is 0. The molecule has 4 heteroatoms. The van der Waals surface area contributed by atoms with E-state index in [0.717, 1.165) is 31.6 Å². The first kappa shape index (κ1) is 15.3. The maximum absolute atomic E-state index is 12.2. The van der Waals surface area contributed by atoms with Crippen LogP contribution in [0.15, 0.2) is 0 Å². The zero-order valence-corrected chi connectivity index (χ0v) is 12.3. The van der Waals surface area contributed by atoms with E-state index in [4.69, 9.17) is 0 Å². The standard InChI is InChI=1S/C16H27NO3/c18-15(13-8-4-5-9-14(13)16(19)20)17-11-10-12-6-2-1-3-7-12/h12-14H,1-11H2,(H,17,18)(H,19,20). The minimum Gasteiger partial charge on any atom is -0.481 e. The Morgan fingerprint density at radius 1 is 0.900 bits per heavy atom. The largest absolute Gasteiger partial charge is 0.481 e. The topological polar surface area (TPSA) is 66.4 Å². The molecule has 0 radical (unpaired) electrons. The van der Waals surface area contributed by atoms with Crippen molar-refractivity contribution in [1.29, 1.82) is 0 Å². The van der Waals surface area contributed by atoms with Crippen LogP contribution in [0, 0.1) is 17.8 Å². The van der Waals surface area contributed by atoms with Crippen LogP contribution in [-0.4, -0.2) is 23.5 Å². The zero-order chi connectivity index (χ0) is 14.4. The van der Waals surface area contributed by atoms with Crippen molar-refractivity contribution in [2.75, 3.05) is 6.54 Å². The summed E-state index contributed by atoms with van der Waals surface area (Å²) in [4.78, 5) is 23.4. The third-order valence-electron chi connectivity index (χ3n) is 5.00. The highest BCUT2D eigenvalue weighted by molar-refractivity contribution is 5.84. The van der Waals surface area contributed by atoms with Crippen LogP contribution in [0.5, 0.6) is 0 Å². The van der Waals surface area contributed by atoms with Crippen LogP contribution in [0.25, 0.3) is 0 Å². The van der Waals surface area contributed by atoms with E-state index in [9.17, 15) is 14.7 Å². The molecule has 2 saturated carbocycles. The molecule has 2 N–H and O–H groups in total. The van der Waals surface area contributed by atoms with Gasteiger partial charge in [0.05, 0.1) is 11.8 Å². The second-order valence-corrected chi connectivity index (χ2v) is 6.42. The Hall–Kier alpha value is -1.06. The van der Waals surface area contributed by atoms with Crippen LogP contribution in [0.4, 0.5) is 0 Å². The van der Waals surface area contributed by atoms with Crippen LogP contribution < -0.4 is 5.32 Å². The number of amides is 1. The van der Waals surface area contributed by atoms with Gasteiger partial charge < -0.3 is 10.4 Å². The third kappa shape index (κ3) is 4.22. The summed E-state index contributed by atoms with van der Waals surface area (Å²) in [6, 6.07) is 0. The molecule has 20 heavy (non-hydrogen) atoms. The molecule has 0 aromatic heterocycles. The van der Waals surface area contributed by atoms with Crippen molar-refractivity contribution in [3.05, 3.63) is 0 Å². The molecule has 2 aliphatic carbocycles. The number of rotatable bonds is 5. The van der Waals surface area contributed by atoms with E-state index < -0.39 is 11.9 Å². The Morgan fingerprint density at radius 2 is 1.50 bits per heavy atom. The fourth-order valence-electron chi connectivity index (χ4n) is 3.75. The van der Waals surface area contributed by atoms with Crippen LogP contribution in [0.2, 0.25) is 0 Å². The van der Waals surface area contributed by atoms with Crippen molar-refractivity contribution in [1.82, 2.24) is 5.32 Å². The second kappa shape index (κ2) is 7.65. The highest BCUT2D eigenvalue weighted by atomic mass is 16.4. The third-order valence-corrected chi connectivity index (χ3v) is 5.00. The van der Waals surface area contributed by atoms with E-state index in [-0.39, 0.29) is 11.8 Å². The maximum atomic E-state index is 12.2. The van der Waals surface area contributed by atoms with Gasteiger partial charge in [0.15, 0.2) is 0 Å². The number of hydrogen-bond donors (Lipinski definition) is 2. The molecule has 0 heterocycles. The molecule has 0 bridgehead atoms. The lowest BCUT2D eigenvalue weighted by Crippen LogP contribution is -2.40. The summed E-state index contributed by atoms with van der Waals surface area (Å²) in [6.45, 7) is 0.715. The van der Waals surface area contributed by atoms with Crippen LogP contribution in [-0.2, 0) is 9.59 Å². The molecule has 114 valence electrons. The monoisotopic (exact) mass is 281 g/mol. The van der Waals surface area contributed by atoms with Gasteiger partial charge in [0, 0.05) is 6.54 Å². The predicted molar refractivity (Wildman–Crippen MR) is 77.3 cm³/mol. The summed E-state index contributed by atoms with van der Waals surface area (Å²) in [5.74, 6) is -0.873. The summed E-state index contributed by atoms with van der Waals surface area (Å²) in [7, 11) is 0. The summed E-state index contributed by atoms with van der Waals surface area (Å²) in [5, 5.41) is 12.2. The van der Waals surface area contributed by atoms with Gasteiger partial charge in [-0.3, -0.25) is 9.59 Å². The average molecular weight is 281 g/mol. The Morgan fingerprint density at radius 3 is 2.15 bits per heavy atom.